The maximum atomic E-state index is 12.6. The topological polar surface area (TPSA) is 24.9 Å². The molecule has 0 radical (unpaired) electrons. The van der Waals surface area contributed by atoms with Crippen LogP contribution in [0.5, 0.6) is 0 Å². The van der Waals surface area contributed by atoms with Gasteiger partial charge in [-0.3, -0.25) is 0 Å². The van der Waals surface area contributed by atoms with E-state index < -0.39 is 11.7 Å². The van der Waals surface area contributed by atoms with Gasteiger partial charge in [0.1, 0.15) is 5.82 Å². The molecule has 1 aromatic rings. The van der Waals surface area contributed by atoms with Crippen LogP contribution >= 0.6 is 11.6 Å². The lowest BCUT2D eigenvalue weighted by Gasteiger charge is -2.22. The molecule has 1 heterocycles. The molecule has 0 aromatic carbocycles. The Bertz CT molecular complexity index is 423. The van der Waals surface area contributed by atoms with E-state index in [4.69, 9.17) is 11.6 Å². The molecule has 2 atom stereocenters. The second-order valence-electron chi connectivity index (χ2n) is 4.83. The van der Waals surface area contributed by atoms with Crippen LogP contribution < -0.4 is 5.32 Å². The average molecular weight is 293 g/mol. The van der Waals surface area contributed by atoms with Crippen LogP contribution in [0.25, 0.3) is 0 Å². The summed E-state index contributed by atoms with van der Waals surface area (Å²) < 4.78 is 37.8. The Balaban J connectivity index is 2.09. The summed E-state index contributed by atoms with van der Waals surface area (Å²) in [5, 5.41) is 2.98. The highest BCUT2D eigenvalue weighted by Gasteiger charge is 2.31. The molecular weight excluding hydrogens is 277 g/mol. The first-order valence-corrected chi connectivity index (χ1v) is 6.84. The van der Waals surface area contributed by atoms with Crippen LogP contribution in [0.4, 0.5) is 19.0 Å². The largest absolute Gasteiger partial charge is 0.416 e. The van der Waals surface area contributed by atoms with Crippen LogP contribution in [0.15, 0.2) is 18.3 Å². The lowest BCUT2D eigenvalue weighted by molar-refractivity contribution is -0.137. The van der Waals surface area contributed by atoms with Crippen molar-refractivity contribution in [3.63, 3.8) is 0 Å². The predicted octanol–water partition coefficient (Wildman–Crippen LogP) is 4.45. The third-order valence-electron chi connectivity index (χ3n) is 3.35. The number of hydrogen-bond donors (Lipinski definition) is 1. The van der Waals surface area contributed by atoms with Crippen LogP contribution in [0.2, 0.25) is 0 Å². The normalized spacial score (nSPS) is 24.8. The van der Waals surface area contributed by atoms with Gasteiger partial charge in [-0.05, 0) is 25.0 Å². The molecule has 2 rings (SSSR count). The summed E-state index contributed by atoms with van der Waals surface area (Å²) in [6, 6.07) is 1.99. The Hall–Kier alpha value is -0.970. The third-order valence-corrected chi connectivity index (χ3v) is 3.87. The lowest BCUT2D eigenvalue weighted by Crippen LogP contribution is -2.29. The minimum Gasteiger partial charge on any atom is -0.366 e. The fourth-order valence-electron chi connectivity index (χ4n) is 2.30. The molecule has 0 saturated heterocycles. The molecular formula is C13H16ClF3N2. The Morgan fingerprint density at radius 3 is 2.68 bits per heavy atom. The fourth-order valence-corrected chi connectivity index (χ4v) is 2.64. The number of anilines is 1. The molecule has 106 valence electrons. The van der Waals surface area contributed by atoms with Crippen LogP contribution in [-0.2, 0) is 6.18 Å². The molecule has 1 aliphatic rings. The second-order valence-corrected chi connectivity index (χ2v) is 5.39. The van der Waals surface area contributed by atoms with E-state index in [1.165, 1.54) is 6.20 Å². The van der Waals surface area contributed by atoms with Gasteiger partial charge in [-0.15, -0.1) is 11.6 Å². The first kappa shape index (κ1) is 14.4. The standard InChI is InChI=1S/C13H16ClF3N2/c14-10-4-2-1-3-5-11(10)19-12-8-9(6-7-18-12)13(15,16)17/h6-8,10-11H,1-5H2,(H,18,19). The molecule has 0 amide bonds. The number of pyridine rings is 1. The molecule has 1 aromatic heterocycles. The van der Waals surface area contributed by atoms with Crippen LogP contribution in [-0.4, -0.2) is 16.4 Å². The Kier molecular flexibility index (Phi) is 4.55. The van der Waals surface area contributed by atoms with Crippen molar-refractivity contribution < 1.29 is 13.2 Å². The number of nitrogens with one attached hydrogen (secondary N) is 1. The number of alkyl halides is 4. The summed E-state index contributed by atoms with van der Waals surface area (Å²) in [4.78, 5) is 3.94. The van der Waals surface area contributed by atoms with E-state index in [1.54, 1.807) is 0 Å². The SMILES string of the molecule is FC(F)(F)c1ccnc(NC2CCCCCC2Cl)c1. The van der Waals surface area contributed by atoms with Gasteiger partial charge in [-0.1, -0.05) is 19.3 Å². The van der Waals surface area contributed by atoms with Gasteiger partial charge in [0.05, 0.1) is 10.9 Å². The van der Waals surface area contributed by atoms with Gasteiger partial charge in [0, 0.05) is 12.2 Å². The number of hydrogen-bond acceptors (Lipinski definition) is 2. The minimum atomic E-state index is -4.34. The van der Waals surface area contributed by atoms with E-state index in [-0.39, 0.29) is 17.2 Å². The summed E-state index contributed by atoms with van der Waals surface area (Å²) >= 11 is 6.25. The molecule has 2 nitrogen and oxygen atoms in total. The maximum Gasteiger partial charge on any atom is 0.416 e. The zero-order valence-electron chi connectivity index (χ0n) is 10.4. The van der Waals surface area contributed by atoms with Crippen molar-refractivity contribution in [2.45, 2.75) is 49.7 Å². The molecule has 1 fully saturated rings. The van der Waals surface area contributed by atoms with Crippen LogP contribution in [0, 0.1) is 0 Å². The van der Waals surface area contributed by atoms with Crippen LogP contribution in [0.3, 0.4) is 0 Å². The van der Waals surface area contributed by atoms with Crippen molar-refractivity contribution in [1.82, 2.24) is 4.98 Å². The number of halogens is 4. The van der Waals surface area contributed by atoms with E-state index in [0.717, 1.165) is 44.2 Å². The Labute approximate surface area is 115 Å². The lowest BCUT2D eigenvalue weighted by atomic mass is 10.1. The molecule has 1 aliphatic carbocycles. The van der Waals surface area contributed by atoms with Gasteiger partial charge < -0.3 is 5.32 Å². The predicted molar refractivity (Wildman–Crippen MR) is 69.4 cm³/mol. The monoisotopic (exact) mass is 292 g/mol. The van der Waals surface area contributed by atoms with Crippen LogP contribution in [0.1, 0.15) is 37.7 Å². The van der Waals surface area contributed by atoms with Gasteiger partial charge in [0.25, 0.3) is 0 Å². The van der Waals surface area contributed by atoms with Gasteiger partial charge in [-0.2, -0.15) is 13.2 Å². The van der Waals surface area contributed by atoms with Crippen molar-refractivity contribution in [1.29, 1.82) is 0 Å². The second kappa shape index (κ2) is 5.99. The maximum absolute atomic E-state index is 12.6. The van der Waals surface area contributed by atoms with Crippen molar-refractivity contribution in [3.05, 3.63) is 23.9 Å². The minimum absolute atomic E-state index is 0.0137. The third kappa shape index (κ3) is 4.00. The Morgan fingerprint density at radius 1 is 1.21 bits per heavy atom. The Morgan fingerprint density at radius 2 is 1.95 bits per heavy atom. The molecule has 0 spiro atoms. The first-order chi connectivity index (χ1) is 8.97. The summed E-state index contributed by atoms with van der Waals surface area (Å²) in [5.41, 5.74) is -0.690. The van der Waals surface area contributed by atoms with E-state index in [9.17, 15) is 13.2 Å². The quantitative estimate of drug-likeness (QED) is 0.643. The number of rotatable bonds is 2. The first-order valence-electron chi connectivity index (χ1n) is 6.40. The molecule has 0 aliphatic heterocycles. The zero-order valence-corrected chi connectivity index (χ0v) is 11.1. The van der Waals surface area contributed by atoms with E-state index in [2.05, 4.69) is 10.3 Å². The summed E-state index contributed by atoms with van der Waals surface area (Å²) in [6.07, 6.45) is 1.82. The zero-order chi connectivity index (χ0) is 13.9. The van der Waals surface area contributed by atoms with Crippen molar-refractivity contribution in [3.8, 4) is 0 Å². The van der Waals surface area contributed by atoms with Crippen molar-refractivity contribution in [2.24, 2.45) is 0 Å². The highest BCUT2D eigenvalue weighted by atomic mass is 35.5. The molecule has 19 heavy (non-hydrogen) atoms. The summed E-state index contributed by atoms with van der Waals surface area (Å²) in [7, 11) is 0. The summed E-state index contributed by atoms with van der Waals surface area (Å²) in [5.74, 6) is 0.243. The van der Waals surface area contributed by atoms with E-state index in [0.29, 0.717) is 0 Å². The van der Waals surface area contributed by atoms with E-state index >= 15 is 0 Å². The summed E-state index contributed by atoms with van der Waals surface area (Å²) in [6.45, 7) is 0. The average Bonchev–Trinajstić information content (AvgIpc) is 2.54. The smallest absolute Gasteiger partial charge is 0.366 e. The molecule has 1 N–H and O–H groups in total. The van der Waals surface area contributed by atoms with Gasteiger partial charge >= 0.3 is 6.18 Å². The fraction of sp³-hybridized carbons (Fsp3) is 0.615. The van der Waals surface area contributed by atoms with E-state index in [1.807, 2.05) is 0 Å². The highest BCUT2D eigenvalue weighted by Crippen LogP contribution is 2.31. The number of nitrogens with zero attached hydrogens (tertiary/aromatic N) is 1. The van der Waals surface area contributed by atoms with Crippen molar-refractivity contribution >= 4 is 17.4 Å². The molecule has 6 heteroatoms. The molecule has 2 unspecified atom stereocenters. The van der Waals surface area contributed by atoms with Gasteiger partial charge in [-0.25, -0.2) is 4.98 Å². The molecule has 1 saturated carbocycles. The van der Waals surface area contributed by atoms with Crippen molar-refractivity contribution in [2.75, 3.05) is 5.32 Å². The van der Waals surface area contributed by atoms with Gasteiger partial charge in [0.2, 0.25) is 0 Å². The highest BCUT2D eigenvalue weighted by molar-refractivity contribution is 6.21. The van der Waals surface area contributed by atoms with Gasteiger partial charge in [0.15, 0.2) is 0 Å². The number of aromatic nitrogens is 1. The molecule has 0 bridgehead atoms.